The summed E-state index contributed by atoms with van der Waals surface area (Å²) in [7, 11) is 5.15. The van der Waals surface area contributed by atoms with Crippen LogP contribution in [0, 0.1) is 6.92 Å². The van der Waals surface area contributed by atoms with E-state index in [1.807, 2.05) is 11.6 Å². The van der Waals surface area contributed by atoms with Gasteiger partial charge in [0.05, 0.1) is 12.6 Å². The molecule has 0 aromatic carbocycles. The minimum absolute atomic E-state index is 0. The summed E-state index contributed by atoms with van der Waals surface area (Å²) in [6.07, 6.45) is 2.02. The molecule has 0 spiro atoms. The van der Waals surface area contributed by atoms with Crippen LogP contribution < -0.4 is 10.6 Å². The summed E-state index contributed by atoms with van der Waals surface area (Å²) in [6.45, 7) is 3.01. The zero-order valence-corrected chi connectivity index (χ0v) is 15.8. The summed E-state index contributed by atoms with van der Waals surface area (Å²) in [4.78, 5) is 21.8. The Morgan fingerprint density at radius 1 is 1.50 bits per heavy atom. The number of aryl methyl sites for hydroxylation is 2. The van der Waals surface area contributed by atoms with Crippen molar-refractivity contribution in [2.75, 3.05) is 27.7 Å². The van der Waals surface area contributed by atoms with Gasteiger partial charge in [-0.3, -0.25) is 9.79 Å². The number of nitrogens with one attached hydrogen (secondary N) is 2. The van der Waals surface area contributed by atoms with E-state index in [9.17, 15) is 4.79 Å². The van der Waals surface area contributed by atoms with Gasteiger partial charge in [-0.2, -0.15) is 5.10 Å². The molecule has 1 atom stereocenters. The third-order valence-electron chi connectivity index (χ3n) is 3.42. The highest BCUT2D eigenvalue weighted by Crippen LogP contribution is 2.22. The van der Waals surface area contributed by atoms with Crippen molar-refractivity contribution in [1.82, 2.24) is 30.3 Å². The normalized spacial score (nSPS) is 17.3. The fourth-order valence-electron chi connectivity index (χ4n) is 2.28. The number of carbonyl (C=O) groups is 1. The number of hydrogen-bond donors (Lipinski definition) is 2. The average Bonchev–Trinajstić information content (AvgIpc) is 2.83. The van der Waals surface area contributed by atoms with Gasteiger partial charge in [-0.25, -0.2) is 9.67 Å². The molecule has 1 amide bonds. The van der Waals surface area contributed by atoms with Crippen LogP contribution in [-0.2, 0) is 11.3 Å². The number of halogens is 1. The van der Waals surface area contributed by atoms with E-state index in [0.29, 0.717) is 5.96 Å². The number of fused-ring (bicyclic) bond motifs is 1. The van der Waals surface area contributed by atoms with Gasteiger partial charge in [-0.1, -0.05) is 0 Å². The molecule has 1 aliphatic rings. The molecule has 2 heterocycles. The lowest BCUT2D eigenvalue weighted by Crippen LogP contribution is -2.45. The fraction of sp³-hybridized carbons (Fsp3) is 0.692. The molecule has 0 aliphatic carbocycles. The van der Waals surface area contributed by atoms with Crippen molar-refractivity contribution in [3.8, 4) is 0 Å². The maximum atomic E-state index is 11.6. The standard InChI is InChI=1S/C13H23N7O.HI/c1-9-16-12-10(6-5-7-20(12)18-9)17-13(14-2)15-8-11(21)19(3)4;/h10H,5-8H2,1-4H3,(H2,14,15,17);1H. The van der Waals surface area contributed by atoms with Crippen molar-refractivity contribution in [2.45, 2.75) is 32.4 Å². The number of carbonyl (C=O) groups excluding carboxylic acids is 1. The molecule has 1 aliphatic heterocycles. The highest BCUT2D eigenvalue weighted by atomic mass is 127. The van der Waals surface area contributed by atoms with Crippen molar-refractivity contribution in [1.29, 1.82) is 0 Å². The number of aliphatic imine (C=N–C) groups is 1. The Hall–Kier alpha value is -1.39. The van der Waals surface area contributed by atoms with Crippen molar-refractivity contribution in [3.05, 3.63) is 11.6 Å². The van der Waals surface area contributed by atoms with Gasteiger partial charge in [0.2, 0.25) is 5.91 Å². The number of nitrogens with zero attached hydrogens (tertiary/aromatic N) is 5. The minimum Gasteiger partial charge on any atom is -0.347 e. The molecule has 9 heteroatoms. The zero-order chi connectivity index (χ0) is 15.4. The van der Waals surface area contributed by atoms with Crippen LogP contribution in [0.15, 0.2) is 4.99 Å². The number of rotatable bonds is 3. The summed E-state index contributed by atoms with van der Waals surface area (Å²) < 4.78 is 1.94. The van der Waals surface area contributed by atoms with Crippen LogP contribution in [0.4, 0.5) is 0 Å². The van der Waals surface area contributed by atoms with E-state index < -0.39 is 0 Å². The quantitative estimate of drug-likeness (QED) is 0.417. The van der Waals surface area contributed by atoms with Gasteiger partial charge in [-0.15, -0.1) is 24.0 Å². The molecule has 22 heavy (non-hydrogen) atoms. The van der Waals surface area contributed by atoms with E-state index in [-0.39, 0.29) is 42.5 Å². The molecule has 124 valence electrons. The molecule has 2 rings (SSSR count). The number of hydrogen-bond acceptors (Lipinski definition) is 4. The van der Waals surface area contributed by atoms with E-state index in [0.717, 1.165) is 31.0 Å². The number of amides is 1. The molecule has 1 aromatic rings. The molecule has 0 saturated heterocycles. The van der Waals surface area contributed by atoms with E-state index >= 15 is 0 Å². The smallest absolute Gasteiger partial charge is 0.241 e. The Morgan fingerprint density at radius 2 is 2.23 bits per heavy atom. The van der Waals surface area contributed by atoms with Crippen molar-refractivity contribution in [3.63, 3.8) is 0 Å². The molecule has 0 bridgehead atoms. The molecule has 1 aromatic heterocycles. The largest absolute Gasteiger partial charge is 0.347 e. The van der Waals surface area contributed by atoms with Crippen LogP contribution in [0.2, 0.25) is 0 Å². The maximum absolute atomic E-state index is 11.6. The van der Waals surface area contributed by atoms with Crippen molar-refractivity contribution in [2.24, 2.45) is 4.99 Å². The van der Waals surface area contributed by atoms with Gasteiger partial charge in [0.1, 0.15) is 11.6 Å². The lowest BCUT2D eigenvalue weighted by atomic mass is 10.1. The second kappa shape index (κ2) is 8.30. The Kier molecular flexibility index (Phi) is 7.04. The molecule has 0 radical (unpaired) electrons. The third-order valence-corrected chi connectivity index (χ3v) is 3.42. The first-order valence-corrected chi connectivity index (χ1v) is 7.10. The summed E-state index contributed by atoms with van der Waals surface area (Å²) >= 11 is 0. The zero-order valence-electron chi connectivity index (χ0n) is 13.5. The summed E-state index contributed by atoms with van der Waals surface area (Å²) in [6, 6.07) is 0.0700. The minimum atomic E-state index is 0. The lowest BCUT2D eigenvalue weighted by molar-refractivity contribution is -0.127. The first-order chi connectivity index (χ1) is 10.0. The predicted molar refractivity (Wildman–Crippen MR) is 95.3 cm³/mol. The van der Waals surface area contributed by atoms with Crippen molar-refractivity contribution < 1.29 is 4.79 Å². The van der Waals surface area contributed by atoms with Gasteiger partial charge in [0.25, 0.3) is 0 Å². The van der Waals surface area contributed by atoms with Crippen LogP contribution >= 0.6 is 24.0 Å². The molecular formula is C13H24IN7O. The molecule has 1 unspecified atom stereocenters. The Labute approximate surface area is 147 Å². The van der Waals surface area contributed by atoms with Crippen LogP contribution in [0.5, 0.6) is 0 Å². The SMILES string of the molecule is CN=C(NCC(=O)N(C)C)NC1CCCn2nc(C)nc21.I. The molecular weight excluding hydrogens is 397 g/mol. The van der Waals surface area contributed by atoms with Crippen LogP contribution in [0.3, 0.4) is 0 Å². The predicted octanol–water partition coefficient (Wildman–Crippen LogP) is 0.293. The van der Waals surface area contributed by atoms with Gasteiger partial charge in [-0.05, 0) is 19.8 Å². The second-order valence-electron chi connectivity index (χ2n) is 5.29. The fourth-order valence-corrected chi connectivity index (χ4v) is 2.28. The first-order valence-electron chi connectivity index (χ1n) is 7.10. The second-order valence-corrected chi connectivity index (χ2v) is 5.29. The number of likely N-dealkylation sites (N-methyl/N-ethyl adjacent to an activating group) is 1. The van der Waals surface area contributed by atoms with Crippen LogP contribution in [0.25, 0.3) is 0 Å². The molecule has 2 N–H and O–H groups in total. The molecule has 0 fully saturated rings. The van der Waals surface area contributed by atoms with Gasteiger partial charge in [0.15, 0.2) is 5.96 Å². The maximum Gasteiger partial charge on any atom is 0.241 e. The van der Waals surface area contributed by atoms with Crippen LogP contribution in [-0.4, -0.2) is 59.2 Å². The molecule has 0 saturated carbocycles. The third kappa shape index (κ3) is 4.55. The Morgan fingerprint density at radius 3 is 2.86 bits per heavy atom. The Bertz CT molecular complexity index is 540. The van der Waals surface area contributed by atoms with Crippen LogP contribution in [0.1, 0.15) is 30.5 Å². The van der Waals surface area contributed by atoms with Crippen molar-refractivity contribution >= 4 is 35.8 Å². The van der Waals surface area contributed by atoms with Gasteiger partial charge < -0.3 is 15.5 Å². The summed E-state index contributed by atoms with van der Waals surface area (Å²) in [5, 5.41) is 10.7. The first kappa shape index (κ1) is 18.7. The Balaban J connectivity index is 0.00000242. The lowest BCUT2D eigenvalue weighted by Gasteiger charge is -2.25. The summed E-state index contributed by atoms with van der Waals surface area (Å²) in [5.41, 5.74) is 0. The van der Waals surface area contributed by atoms with E-state index in [2.05, 4.69) is 25.7 Å². The van der Waals surface area contributed by atoms with E-state index in [1.165, 1.54) is 0 Å². The molecule has 8 nitrogen and oxygen atoms in total. The number of aromatic nitrogens is 3. The number of guanidine groups is 1. The average molecular weight is 421 g/mol. The highest BCUT2D eigenvalue weighted by Gasteiger charge is 2.24. The topological polar surface area (TPSA) is 87.4 Å². The van der Waals surface area contributed by atoms with Gasteiger partial charge in [0, 0.05) is 27.7 Å². The summed E-state index contributed by atoms with van der Waals surface area (Å²) in [5.74, 6) is 2.31. The van der Waals surface area contributed by atoms with E-state index in [4.69, 9.17) is 0 Å². The van der Waals surface area contributed by atoms with E-state index in [1.54, 1.807) is 26.0 Å². The van der Waals surface area contributed by atoms with Gasteiger partial charge >= 0.3 is 0 Å². The monoisotopic (exact) mass is 421 g/mol. The highest BCUT2D eigenvalue weighted by molar-refractivity contribution is 14.0.